The van der Waals surface area contributed by atoms with Crippen molar-refractivity contribution in [1.29, 1.82) is 0 Å². The van der Waals surface area contributed by atoms with Crippen molar-refractivity contribution < 1.29 is 0 Å². The summed E-state index contributed by atoms with van der Waals surface area (Å²) in [6, 6.07) is 0. The highest BCUT2D eigenvalue weighted by molar-refractivity contribution is 5.14. The molecule has 0 aliphatic heterocycles. The minimum Gasteiger partial charge on any atom is -0.0856 e. The molecule has 0 radical (unpaired) electrons. The van der Waals surface area contributed by atoms with Gasteiger partial charge in [0.2, 0.25) is 0 Å². The highest BCUT2D eigenvalue weighted by Gasteiger charge is 1.79. The standard InChI is InChI=1S/C12H20/c1-5-12(4)10-8-6-7-9-11(2)3/h5,8-10H,6-7H2,1-4H3/b10-8+,12-5+. The van der Waals surface area contributed by atoms with Gasteiger partial charge in [-0.15, -0.1) is 0 Å². The van der Waals surface area contributed by atoms with Gasteiger partial charge in [0, 0.05) is 0 Å². The molecule has 0 N–H and O–H groups in total. The molecule has 0 saturated heterocycles. The predicted molar refractivity (Wildman–Crippen MR) is 57.2 cm³/mol. The van der Waals surface area contributed by atoms with Gasteiger partial charge in [-0.25, -0.2) is 0 Å². The lowest BCUT2D eigenvalue weighted by Gasteiger charge is -1.90. The van der Waals surface area contributed by atoms with Gasteiger partial charge in [0.15, 0.2) is 0 Å². The van der Waals surface area contributed by atoms with E-state index in [-0.39, 0.29) is 0 Å². The maximum atomic E-state index is 2.27. The van der Waals surface area contributed by atoms with Crippen LogP contribution in [0.3, 0.4) is 0 Å². The quantitative estimate of drug-likeness (QED) is 0.331. The van der Waals surface area contributed by atoms with Crippen molar-refractivity contribution in [2.45, 2.75) is 40.5 Å². The third-order valence-electron chi connectivity index (χ3n) is 1.72. The fourth-order valence-electron chi connectivity index (χ4n) is 0.834. The molecule has 0 aliphatic carbocycles. The van der Waals surface area contributed by atoms with E-state index < -0.39 is 0 Å². The molecule has 0 spiro atoms. The number of hydrogen-bond donors (Lipinski definition) is 0. The van der Waals surface area contributed by atoms with Crippen LogP contribution in [0.5, 0.6) is 0 Å². The molecule has 0 nitrogen and oxygen atoms in total. The summed E-state index contributed by atoms with van der Waals surface area (Å²) < 4.78 is 0. The van der Waals surface area contributed by atoms with E-state index >= 15 is 0 Å². The predicted octanol–water partition coefficient (Wildman–Crippen LogP) is 4.26. The Morgan fingerprint density at radius 3 is 2.25 bits per heavy atom. The summed E-state index contributed by atoms with van der Waals surface area (Å²) in [5.41, 5.74) is 2.75. The fourth-order valence-corrected chi connectivity index (χ4v) is 0.834. The van der Waals surface area contributed by atoms with Gasteiger partial charge >= 0.3 is 0 Å². The first-order chi connectivity index (χ1) is 5.66. The molecule has 0 fully saturated rings. The average molecular weight is 164 g/mol. The normalized spacial score (nSPS) is 12.2. The molecular weight excluding hydrogens is 144 g/mol. The van der Waals surface area contributed by atoms with Gasteiger partial charge in [-0.1, -0.05) is 35.5 Å². The van der Waals surface area contributed by atoms with Crippen LogP contribution in [0.4, 0.5) is 0 Å². The first kappa shape index (κ1) is 11.2. The molecular formula is C12H20. The number of rotatable bonds is 4. The van der Waals surface area contributed by atoms with Crippen molar-refractivity contribution in [3.63, 3.8) is 0 Å². The van der Waals surface area contributed by atoms with Gasteiger partial charge < -0.3 is 0 Å². The summed E-state index contributed by atoms with van der Waals surface area (Å²) in [6.07, 6.45) is 11.1. The molecule has 0 rings (SSSR count). The summed E-state index contributed by atoms with van der Waals surface area (Å²) in [7, 11) is 0. The Kier molecular flexibility index (Phi) is 6.45. The molecule has 12 heavy (non-hydrogen) atoms. The Bertz CT molecular complexity index is 188. The van der Waals surface area contributed by atoms with Crippen molar-refractivity contribution in [1.82, 2.24) is 0 Å². The second kappa shape index (κ2) is 6.90. The molecule has 0 atom stereocenters. The van der Waals surface area contributed by atoms with E-state index in [2.05, 4.69) is 52.0 Å². The zero-order valence-corrected chi connectivity index (χ0v) is 8.72. The number of unbranched alkanes of at least 4 members (excludes halogenated alkanes) is 1. The van der Waals surface area contributed by atoms with Crippen LogP contribution in [0.1, 0.15) is 40.5 Å². The van der Waals surface area contributed by atoms with Crippen molar-refractivity contribution >= 4 is 0 Å². The van der Waals surface area contributed by atoms with E-state index in [0.717, 1.165) is 12.8 Å². The van der Waals surface area contributed by atoms with Crippen molar-refractivity contribution in [3.8, 4) is 0 Å². The van der Waals surface area contributed by atoms with Crippen LogP contribution >= 0.6 is 0 Å². The van der Waals surface area contributed by atoms with Crippen LogP contribution in [-0.4, -0.2) is 0 Å². The maximum absolute atomic E-state index is 2.27. The van der Waals surface area contributed by atoms with Gasteiger partial charge in [0.1, 0.15) is 0 Å². The molecule has 0 amide bonds. The average Bonchev–Trinajstić information content (AvgIpc) is 2.03. The molecule has 0 heteroatoms. The Morgan fingerprint density at radius 2 is 1.75 bits per heavy atom. The second-order valence-electron chi connectivity index (χ2n) is 3.29. The maximum Gasteiger partial charge on any atom is -0.0313 e. The summed E-state index contributed by atoms with van der Waals surface area (Å²) in [5, 5.41) is 0. The minimum absolute atomic E-state index is 1.15. The SMILES string of the molecule is C/C=C(C)/C=C/CCC=C(C)C. The topological polar surface area (TPSA) is 0 Å². The Labute approximate surface area is 76.7 Å². The van der Waals surface area contributed by atoms with Crippen LogP contribution < -0.4 is 0 Å². The van der Waals surface area contributed by atoms with Crippen LogP contribution in [0.2, 0.25) is 0 Å². The van der Waals surface area contributed by atoms with E-state index in [0.29, 0.717) is 0 Å². The molecule has 68 valence electrons. The summed E-state index contributed by atoms with van der Waals surface area (Å²) >= 11 is 0. The van der Waals surface area contributed by atoms with Crippen LogP contribution in [0.15, 0.2) is 35.5 Å². The molecule has 0 aromatic rings. The lowest BCUT2D eigenvalue weighted by atomic mass is 10.2. The Balaban J connectivity index is 3.57. The van der Waals surface area contributed by atoms with Crippen molar-refractivity contribution in [2.24, 2.45) is 0 Å². The number of allylic oxidation sites excluding steroid dienone is 6. The molecule has 0 aromatic carbocycles. The van der Waals surface area contributed by atoms with Gasteiger partial charge in [0.05, 0.1) is 0 Å². The van der Waals surface area contributed by atoms with Crippen LogP contribution in [0, 0.1) is 0 Å². The Hall–Kier alpha value is -0.780. The first-order valence-electron chi connectivity index (χ1n) is 4.59. The molecule has 0 aromatic heterocycles. The molecule has 0 unspecified atom stereocenters. The van der Waals surface area contributed by atoms with Gasteiger partial charge in [-0.3, -0.25) is 0 Å². The van der Waals surface area contributed by atoms with E-state index in [4.69, 9.17) is 0 Å². The third-order valence-corrected chi connectivity index (χ3v) is 1.72. The lowest BCUT2D eigenvalue weighted by Crippen LogP contribution is -1.69. The largest absolute Gasteiger partial charge is 0.0856 e. The third kappa shape index (κ3) is 7.33. The van der Waals surface area contributed by atoms with E-state index in [1.807, 2.05) is 0 Å². The summed E-state index contributed by atoms with van der Waals surface area (Å²) in [6.45, 7) is 8.47. The van der Waals surface area contributed by atoms with Crippen LogP contribution in [-0.2, 0) is 0 Å². The first-order valence-corrected chi connectivity index (χ1v) is 4.59. The van der Waals surface area contributed by atoms with Gasteiger partial charge in [0.25, 0.3) is 0 Å². The fraction of sp³-hybridized carbons (Fsp3) is 0.500. The number of hydrogen-bond acceptors (Lipinski definition) is 0. The lowest BCUT2D eigenvalue weighted by molar-refractivity contribution is 1.03. The highest BCUT2D eigenvalue weighted by atomic mass is 13.9. The Morgan fingerprint density at radius 1 is 1.08 bits per heavy atom. The van der Waals surface area contributed by atoms with Gasteiger partial charge in [-0.05, 0) is 40.5 Å². The van der Waals surface area contributed by atoms with Crippen LogP contribution in [0.25, 0.3) is 0 Å². The molecule has 0 saturated carbocycles. The summed E-state index contributed by atoms with van der Waals surface area (Å²) in [4.78, 5) is 0. The zero-order valence-electron chi connectivity index (χ0n) is 8.72. The molecule has 0 bridgehead atoms. The van der Waals surface area contributed by atoms with Crippen molar-refractivity contribution in [3.05, 3.63) is 35.5 Å². The molecule has 0 aliphatic rings. The molecule has 0 heterocycles. The smallest absolute Gasteiger partial charge is 0.0313 e. The highest BCUT2D eigenvalue weighted by Crippen LogP contribution is 2.00. The second-order valence-corrected chi connectivity index (χ2v) is 3.29. The van der Waals surface area contributed by atoms with Gasteiger partial charge in [-0.2, -0.15) is 0 Å². The van der Waals surface area contributed by atoms with E-state index in [1.54, 1.807) is 0 Å². The monoisotopic (exact) mass is 164 g/mol. The van der Waals surface area contributed by atoms with Crippen molar-refractivity contribution in [2.75, 3.05) is 0 Å². The van der Waals surface area contributed by atoms with E-state index in [1.165, 1.54) is 11.1 Å². The minimum atomic E-state index is 1.15. The zero-order chi connectivity index (χ0) is 9.40. The summed E-state index contributed by atoms with van der Waals surface area (Å²) in [5.74, 6) is 0. The van der Waals surface area contributed by atoms with E-state index in [9.17, 15) is 0 Å².